The topological polar surface area (TPSA) is 39.1 Å². The number of anilines is 1. The largest absolute Gasteiger partial charge is 0.497 e. The van der Waals surface area contributed by atoms with Crippen LogP contribution in [-0.4, -0.2) is 16.7 Å². The minimum Gasteiger partial charge on any atom is -0.497 e. The summed E-state index contributed by atoms with van der Waals surface area (Å²) in [5, 5.41) is 3.50. The molecule has 0 radical (unpaired) electrons. The number of benzene rings is 1. The molecule has 114 valence electrons. The summed E-state index contributed by atoms with van der Waals surface area (Å²) in [6, 6.07) is 8.33. The highest BCUT2D eigenvalue weighted by atomic mass is 16.5. The van der Waals surface area contributed by atoms with E-state index in [1.54, 1.807) is 7.11 Å². The van der Waals surface area contributed by atoms with Crippen molar-refractivity contribution >= 4 is 5.95 Å². The molecule has 2 rings (SSSR count). The molecule has 1 aromatic carbocycles. The highest BCUT2D eigenvalue weighted by molar-refractivity contribution is 5.36. The second-order valence-electron chi connectivity index (χ2n) is 5.89. The summed E-state index contributed by atoms with van der Waals surface area (Å²) in [7, 11) is 1.68. The number of aryl methyl sites for hydroxylation is 1. The van der Waals surface area contributed by atoms with Gasteiger partial charge < -0.3 is 14.6 Å². The molecule has 0 aliphatic carbocycles. The summed E-state index contributed by atoms with van der Waals surface area (Å²) >= 11 is 0. The molecular formula is C17H25N3O. The lowest BCUT2D eigenvalue weighted by atomic mass is 10.1. The van der Waals surface area contributed by atoms with Crippen molar-refractivity contribution in [2.45, 2.75) is 40.3 Å². The fourth-order valence-electron chi connectivity index (χ4n) is 2.36. The maximum atomic E-state index is 5.20. The van der Waals surface area contributed by atoms with E-state index in [1.807, 2.05) is 19.1 Å². The third-order valence-electron chi connectivity index (χ3n) is 3.42. The lowest BCUT2D eigenvalue weighted by Crippen LogP contribution is -2.13. The smallest absolute Gasteiger partial charge is 0.203 e. The summed E-state index contributed by atoms with van der Waals surface area (Å²) in [4.78, 5) is 4.59. The van der Waals surface area contributed by atoms with Gasteiger partial charge in [-0.2, -0.15) is 0 Å². The molecule has 2 aromatic rings. The van der Waals surface area contributed by atoms with Gasteiger partial charge in [0.05, 0.1) is 18.8 Å². The normalized spacial score (nSPS) is 12.5. The summed E-state index contributed by atoms with van der Waals surface area (Å²) in [5.74, 6) is 2.41. The van der Waals surface area contributed by atoms with Crippen LogP contribution in [0.4, 0.5) is 5.95 Å². The number of rotatable bonds is 6. The highest BCUT2D eigenvalue weighted by Gasteiger charge is 2.11. The zero-order valence-electron chi connectivity index (χ0n) is 13.6. The van der Waals surface area contributed by atoms with Gasteiger partial charge in [-0.25, -0.2) is 4.98 Å². The summed E-state index contributed by atoms with van der Waals surface area (Å²) in [5.41, 5.74) is 2.26. The van der Waals surface area contributed by atoms with E-state index < -0.39 is 0 Å². The lowest BCUT2D eigenvalue weighted by molar-refractivity contribution is 0.414. The molecule has 4 heteroatoms. The van der Waals surface area contributed by atoms with Crippen LogP contribution in [0.25, 0.3) is 0 Å². The van der Waals surface area contributed by atoms with E-state index in [4.69, 9.17) is 4.74 Å². The molecule has 0 fully saturated rings. The van der Waals surface area contributed by atoms with Crippen LogP contribution in [0, 0.1) is 12.8 Å². The first-order valence-electron chi connectivity index (χ1n) is 7.44. The van der Waals surface area contributed by atoms with Crippen LogP contribution in [0.15, 0.2) is 30.5 Å². The number of hydrogen-bond donors (Lipinski definition) is 1. The van der Waals surface area contributed by atoms with Crippen molar-refractivity contribution < 1.29 is 4.74 Å². The average molecular weight is 287 g/mol. The van der Waals surface area contributed by atoms with Gasteiger partial charge in [-0.15, -0.1) is 0 Å². The molecule has 0 saturated carbocycles. The van der Waals surface area contributed by atoms with Gasteiger partial charge in [-0.1, -0.05) is 26.0 Å². The van der Waals surface area contributed by atoms with Crippen molar-refractivity contribution in [3.05, 3.63) is 41.7 Å². The second-order valence-corrected chi connectivity index (χ2v) is 5.89. The number of hydrogen-bond acceptors (Lipinski definition) is 3. The third kappa shape index (κ3) is 4.00. The van der Waals surface area contributed by atoms with Crippen molar-refractivity contribution in [2.75, 3.05) is 12.4 Å². The molecule has 1 aromatic heterocycles. The minimum absolute atomic E-state index is 0.198. The van der Waals surface area contributed by atoms with E-state index >= 15 is 0 Å². The van der Waals surface area contributed by atoms with E-state index in [1.165, 1.54) is 5.56 Å². The van der Waals surface area contributed by atoms with Crippen molar-refractivity contribution in [1.82, 2.24) is 9.55 Å². The molecule has 1 unspecified atom stereocenters. The Bertz CT molecular complexity index is 572. The van der Waals surface area contributed by atoms with Crippen LogP contribution in [0.5, 0.6) is 5.75 Å². The predicted molar refractivity (Wildman–Crippen MR) is 86.8 cm³/mol. The lowest BCUT2D eigenvalue weighted by Gasteiger charge is -2.17. The zero-order valence-corrected chi connectivity index (χ0v) is 13.6. The first kappa shape index (κ1) is 15.4. The monoisotopic (exact) mass is 287 g/mol. The van der Waals surface area contributed by atoms with E-state index in [0.29, 0.717) is 5.92 Å². The predicted octanol–water partition coefficient (Wildman–Crippen LogP) is 4.03. The maximum Gasteiger partial charge on any atom is 0.203 e. The number of nitrogens with one attached hydrogen (secondary N) is 1. The Kier molecular flexibility index (Phi) is 4.89. The van der Waals surface area contributed by atoms with Crippen LogP contribution >= 0.6 is 0 Å². The van der Waals surface area contributed by atoms with Crippen molar-refractivity contribution in [3.63, 3.8) is 0 Å². The fourth-order valence-corrected chi connectivity index (χ4v) is 2.36. The molecule has 0 saturated heterocycles. The first-order chi connectivity index (χ1) is 9.99. The Morgan fingerprint density at radius 3 is 2.43 bits per heavy atom. The van der Waals surface area contributed by atoms with E-state index in [2.05, 4.69) is 54.0 Å². The van der Waals surface area contributed by atoms with Gasteiger partial charge in [0.2, 0.25) is 5.95 Å². The number of aromatic nitrogens is 2. The van der Waals surface area contributed by atoms with Gasteiger partial charge in [0.15, 0.2) is 0 Å². The van der Waals surface area contributed by atoms with Crippen LogP contribution < -0.4 is 10.1 Å². The average Bonchev–Trinajstić information content (AvgIpc) is 2.77. The van der Waals surface area contributed by atoms with Crippen LogP contribution in [-0.2, 0) is 6.54 Å². The quantitative estimate of drug-likeness (QED) is 0.872. The molecule has 0 aliphatic heterocycles. The number of methoxy groups -OCH3 is 1. The summed E-state index contributed by atoms with van der Waals surface area (Å²) in [6.07, 6.45) is 2.10. The van der Waals surface area contributed by atoms with Crippen molar-refractivity contribution in [2.24, 2.45) is 5.92 Å². The molecule has 0 spiro atoms. The van der Waals surface area contributed by atoms with Gasteiger partial charge in [-0.3, -0.25) is 0 Å². The molecule has 0 amide bonds. The van der Waals surface area contributed by atoms with Crippen LogP contribution in [0.1, 0.15) is 38.1 Å². The minimum atomic E-state index is 0.198. The molecule has 0 aliphatic rings. The third-order valence-corrected chi connectivity index (χ3v) is 3.42. The van der Waals surface area contributed by atoms with Crippen LogP contribution in [0.2, 0.25) is 0 Å². The van der Waals surface area contributed by atoms with Gasteiger partial charge in [0.25, 0.3) is 0 Å². The van der Waals surface area contributed by atoms with E-state index in [0.717, 1.165) is 23.9 Å². The number of ether oxygens (including phenoxy) is 1. The first-order valence-corrected chi connectivity index (χ1v) is 7.44. The molecule has 21 heavy (non-hydrogen) atoms. The van der Waals surface area contributed by atoms with Crippen LogP contribution in [0.3, 0.4) is 0 Å². The summed E-state index contributed by atoms with van der Waals surface area (Å²) in [6.45, 7) is 9.57. The Morgan fingerprint density at radius 2 is 1.86 bits per heavy atom. The maximum absolute atomic E-state index is 5.20. The molecular weight excluding hydrogens is 262 g/mol. The molecule has 0 bridgehead atoms. The summed E-state index contributed by atoms with van der Waals surface area (Å²) < 4.78 is 7.39. The highest BCUT2D eigenvalue weighted by Crippen LogP contribution is 2.22. The standard InChI is InChI=1S/C17H25N3O/c1-12(2)10-20-11-13(3)18-17(20)19-14(4)15-6-8-16(21-5)9-7-15/h6-9,11-12,14H,10H2,1-5H3,(H,18,19). The zero-order chi connectivity index (χ0) is 15.4. The van der Waals surface area contributed by atoms with Gasteiger partial charge in [0, 0.05) is 12.7 Å². The Labute approximate surface area is 127 Å². The Morgan fingerprint density at radius 1 is 1.19 bits per heavy atom. The van der Waals surface area contributed by atoms with E-state index in [9.17, 15) is 0 Å². The fraction of sp³-hybridized carbons (Fsp3) is 0.471. The van der Waals surface area contributed by atoms with Gasteiger partial charge in [-0.05, 0) is 37.5 Å². The van der Waals surface area contributed by atoms with Gasteiger partial charge >= 0.3 is 0 Å². The number of nitrogens with zero attached hydrogens (tertiary/aromatic N) is 2. The molecule has 1 N–H and O–H groups in total. The number of imidazole rings is 1. The second kappa shape index (κ2) is 6.66. The van der Waals surface area contributed by atoms with Gasteiger partial charge in [0.1, 0.15) is 5.75 Å². The molecule has 1 atom stereocenters. The molecule has 4 nitrogen and oxygen atoms in total. The molecule has 1 heterocycles. The van der Waals surface area contributed by atoms with E-state index in [-0.39, 0.29) is 6.04 Å². The van der Waals surface area contributed by atoms with Crippen molar-refractivity contribution in [3.8, 4) is 5.75 Å². The Balaban J connectivity index is 2.12. The SMILES string of the molecule is COc1ccc(C(C)Nc2nc(C)cn2CC(C)C)cc1. The Hall–Kier alpha value is -1.97. The van der Waals surface area contributed by atoms with Crippen molar-refractivity contribution in [1.29, 1.82) is 0 Å².